The SMILES string of the molecule is O=CC1=C(c2ccccc2C(=O)c2ccccc2)CCCCCC1. The van der Waals surface area contributed by atoms with Crippen LogP contribution in [0, 0.1) is 0 Å². The molecule has 0 radical (unpaired) electrons. The van der Waals surface area contributed by atoms with Crippen molar-refractivity contribution in [2.24, 2.45) is 0 Å². The number of aldehydes is 1. The molecule has 2 aromatic rings. The van der Waals surface area contributed by atoms with Crippen molar-refractivity contribution in [3.8, 4) is 0 Å². The van der Waals surface area contributed by atoms with Crippen LogP contribution in [0.1, 0.15) is 60.0 Å². The van der Waals surface area contributed by atoms with Crippen molar-refractivity contribution in [1.29, 1.82) is 0 Å². The van der Waals surface area contributed by atoms with Crippen LogP contribution < -0.4 is 0 Å². The Morgan fingerprint density at radius 1 is 0.792 bits per heavy atom. The summed E-state index contributed by atoms with van der Waals surface area (Å²) in [6, 6.07) is 17.0. The first kappa shape index (κ1) is 16.4. The van der Waals surface area contributed by atoms with Gasteiger partial charge in [0.2, 0.25) is 0 Å². The zero-order valence-electron chi connectivity index (χ0n) is 13.8. The molecular weight excluding hydrogens is 296 g/mol. The van der Waals surface area contributed by atoms with E-state index in [9.17, 15) is 9.59 Å². The van der Waals surface area contributed by atoms with Gasteiger partial charge in [0, 0.05) is 11.1 Å². The first-order valence-electron chi connectivity index (χ1n) is 8.67. The van der Waals surface area contributed by atoms with Crippen LogP contribution in [0.15, 0.2) is 60.2 Å². The Balaban J connectivity index is 2.08. The molecule has 1 aliphatic rings. The molecule has 0 heterocycles. The van der Waals surface area contributed by atoms with Gasteiger partial charge in [-0.2, -0.15) is 0 Å². The van der Waals surface area contributed by atoms with E-state index in [0.717, 1.165) is 48.7 Å². The maximum absolute atomic E-state index is 12.9. The molecule has 0 unspecified atom stereocenters. The third-order valence-electron chi connectivity index (χ3n) is 4.69. The van der Waals surface area contributed by atoms with Crippen LogP contribution in [0.25, 0.3) is 5.57 Å². The van der Waals surface area contributed by atoms with E-state index in [2.05, 4.69) is 0 Å². The summed E-state index contributed by atoms with van der Waals surface area (Å²) in [6.45, 7) is 0. The normalized spacial score (nSPS) is 15.5. The van der Waals surface area contributed by atoms with Gasteiger partial charge in [0.05, 0.1) is 0 Å². The molecule has 0 atom stereocenters. The summed E-state index contributed by atoms with van der Waals surface area (Å²) in [5.74, 6) is 0.0195. The Morgan fingerprint density at radius 3 is 2.21 bits per heavy atom. The van der Waals surface area contributed by atoms with E-state index in [4.69, 9.17) is 0 Å². The molecule has 0 fully saturated rings. The molecule has 2 nitrogen and oxygen atoms in total. The minimum absolute atomic E-state index is 0.0195. The van der Waals surface area contributed by atoms with Gasteiger partial charge in [0.25, 0.3) is 0 Å². The van der Waals surface area contributed by atoms with Gasteiger partial charge in [-0.1, -0.05) is 67.4 Å². The Labute approximate surface area is 143 Å². The van der Waals surface area contributed by atoms with E-state index in [1.807, 2.05) is 54.6 Å². The Bertz CT molecular complexity index is 757. The molecule has 122 valence electrons. The first-order valence-corrected chi connectivity index (χ1v) is 8.67. The molecule has 0 aliphatic heterocycles. The fraction of sp³-hybridized carbons (Fsp3) is 0.273. The largest absolute Gasteiger partial charge is 0.298 e. The van der Waals surface area contributed by atoms with Crippen molar-refractivity contribution in [3.05, 3.63) is 76.9 Å². The molecule has 1 aliphatic carbocycles. The molecule has 0 saturated heterocycles. The molecule has 2 heteroatoms. The number of rotatable bonds is 4. The van der Waals surface area contributed by atoms with Crippen molar-refractivity contribution in [2.75, 3.05) is 0 Å². The smallest absolute Gasteiger partial charge is 0.193 e. The molecule has 0 aromatic heterocycles. The summed E-state index contributed by atoms with van der Waals surface area (Å²) in [4.78, 5) is 24.6. The van der Waals surface area contributed by atoms with E-state index < -0.39 is 0 Å². The average molecular weight is 318 g/mol. The van der Waals surface area contributed by atoms with E-state index in [-0.39, 0.29) is 5.78 Å². The minimum Gasteiger partial charge on any atom is -0.298 e. The summed E-state index contributed by atoms with van der Waals surface area (Å²) < 4.78 is 0. The standard InChI is InChI=1S/C22H22O2/c23-16-18-12-4-1-2-7-13-19(18)20-14-8-9-15-21(20)22(24)17-10-5-3-6-11-17/h3,5-6,8-11,14-16H,1-2,4,7,12-13H2. The van der Waals surface area contributed by atoms with Crippen molar-refractivity contribution in [2.45, 2.75) is 38.5 Å². The zero-order chi connectivity index (χ0) is 16.8. The van der Waals surface area contributed by atoms with Crippen molar-refractivity contribution >= 4 is 17.6 Å². The van der Waals surface area contributed by atoms with Gasteiger partial charge in [-0.3, -0.25) is 9.59 Å². The maximum Gasteiger partial charge on any atom is 0.193 e. The summed E-state index contributed by atoms with van der Waals surface area (Å²) in [6.07, 6.45) is 7.15. The second-order valence-electron chi connectivity index (χ2n) is 6.28. The molecule has 0 bridgehead atoms. The highest BCUT2D eigenvalue weighted by Crippen LogP contribution is 2.32. The van der Waals surface area contributed by atoms with E-state index in [1.165, 1.54) is 12.8 Å². The van der Waals surface area contributed by atoms with Gasteiger partial charge >= 0.3 is 0 Å². The van der Waals surface area contributed by atoms with Gasteiger partial charge in [0.15, 0.2) is 5.78 Å². The highest BCUT2D eigenvalue weighted by atomic mass is 16.1. The maximum atomic E-state index is 12.9. The van der Waals surface area contributed by atoms with Crippen LogP contribution in [-0.2, 0) is 4.79 Å². The van der Waals surface area contributed by atoms with Crippen LogP contribution in [0.3, 0.4) is 0 Å². The van der Waals surface area contributed by atoms with Crippen LogP contribution in [-0.4, -0.2) is 12.1 Å². The third kappa shape index (κ3) is 3.53. The van der Waals surface area contributed by atoms with Crippen molar-refractivity contribution in [3.63, 3.8) is 0 Å². The summed E-state index contributed by atoms with van der Waals surface area (Å²) in [5.41, 5.74) is 4.23. The molecule has 2 aromatic carbocycles. The van der Waals surface area contributed by atoms with Crippen LogP contribution in [0.4, 0.5) is 0 Å². The molecule has 0 amide bonds. The molecular formula is C22H22O2. The lowest BCUT2D eigenvalue weighted by Crippen LogP contribution is -2.07. The van der Waals surface area contributed by atoms with Crippen molar-refractivity contribution in [1.82, 2.24) is 0 Å². The second kappa shape index (κ2) is 7.87. The predicted molar refractivity (Wildman–Crippen MR) is 97.0 cm³/mol. The monoisotopic (exact) mass is 318 g/mol. The number of carbonyl (C=O) groups is 2. The Morgan fingerprint density at radius 2 is 1.46 bits per heavy atom. The molecule has 24 heavy (non-hydrogen) atoms. The fourth-order valence-corrected chi connectivity index (χ4v) is 3.41. The second-order valence-corrected chi connectivity index (χ2v) is 6.28. The van der Waals surface area contributed by atoms with Gasteiger partial charge in [-0.25, -0.2) is 0 Å². The molecule has 0 saturated carbocycles. The predicted octanol–water partition coefficient (Wildman–Crippen LogP) is 5.22. The highest BCUT2D eigenvalue weighted by Gasteiger charge is 2.19. The summed E-state index contributed by atoms with van der Waals surface area (Å²) >= 11 is 0. The quantitative estimate of drug-likeness (QED) is 0.572. The number of allylic oxidation sites excluding steroid dienone is 2. The lowest BCUT2D eigenvalue weighted by molar-refractivity contribution is -0.105. The number of ketones is 1. The number of hydrogen-bond donors (Lipinski definition) is 0. The lowest BCUT2D eigenvalue weighted by Gasteiger charge is -2.18. The van der Waals surface area contributed by atoms with E-state index >= 15 is 0 Å². The number of benzene rings is 2. The van der Waals surface area contributed by atoms with Crippen molar-refractivity contribution < 1.29 is 9.59 Å². The molecule has 0 spiro atoms. The molecule has 0 N–H and O–H groups in total. The van der Waals surface area contributed by atoms with Gasteiger partial charge in [0.1, 0.15) is 6.29 Å². The van der Waals surface area contributed by atoms with Gasteiger partial charge in [-0.05, 0) is 42.4 Å². The van der Waals surface area contributed by atoms with Crippen LogP contribution in [0.2, 0.25) is 0 Å². The minimum atomic E-state index is 0.0195. The van der Waals surface area contributed by atoms with Crippen LogP contribution >= 0.6 is 0 Å². The number of hydrogen-bond acceptors (Lipinski definition) is 2. The molecule has 3 rings (SSSR count). The van der Waals surface area contributed by atoms with E-state index in [0.29, 0.717) is 11.1 Å². The zero-order valence-corrected chi connectivity index (χ0v) is 13.8. The first-order chi connectivity index (χ1) is 11.8. The summed E-state index contributed by atoms with van der Waals surface area (Å²) in [5, 5.41) is 0. The van der Waals surface area contributed by atoms with Gasteiger partial charge in [-0.15, -0.1) is 0 Å². The Hall–Kier alpha value is -2.48. The van der Waals surface area contributed by atoms with Crippen LogP contribution in [0.5, 0.6) is 0 Å². The fourth-order valence-electron chi connectivity index (χ4n) is 3.41. The third-order valence-corrected chi connectivity index (χ3v) is 4.69. The topological polar surface area (TPSA) is 34.1 Å². The van der Waals surface area contributed by atoms with E-state index in [1.54, 1.807) is 0 Å². The van der Waals surface area contributed by atoms with Gasteiger partial charge < -0.3 is 0 Å². The lowest BCUT2D eigenvalue weighted by atomic mass is 9.86. The highest BCUT2D eigenvalue weighted by molar-refractivity contribution is 6.12. The average Bonchev–Trinajstić information content (AvgIpc) is 2.62. The Kier molecular flexibility index (Phi) is 5.37. The number of carbonyl (C=O) groups excluding carboxylic acids is 2. The summed E-state index contributed by atoms with van der Waals surface area (Å²) in [7, 11) is 0.